The fourth-order valence-electron chi connectivity index (χ4n) is 2.52. The molecule has 1 aromatic heterocycles. The molecule has 0 saturated carbocycles. The summed E-state index contributed by atoms with van der Waals surface area (Å²) in [4.78, 5) is 18.1. The minimum Gasteiger partial charge on any atom is -0.483 e. The van der Waals surface area contributed by atoms with E-state index >= 15 is 0 Å². The first-order valence-electron chi connectivity index (χ1n) is 8.24. The Morgan fingerprint density at radius 3 is 2.67 bits per heavy atom. The second kappa shape index (κ2) is 8.54. The molecule has 3 aromatic rings. The van der Waals surface area contributed by atoms with Crippen LogP contribution >= 0.6 is 27.5 Å². The quantitative estimate of drug-likeness (QED) is 0.563. The normalized spacial score (nSPS) is 11.9. The smallest absolute Gasteiger partial charge is 0.260 e. The maximum Gasteiger partial charge on any atom is 0.260 e. The van der Waals surface area contributed by atoms with Crippen molar-refractivity contribution in [2.24, 2.45) is 0 Å². The second-order valence-electron chi connectivity index (χ2n) is 5.98. The zero-order valence-corrected chi connectivity index (χ0v) is 17.2. The number of nitrogens with zero attached hydrogens (tertiary/aromatic N) is 4. The number of benzene rings is 2. The number of hydrogen-bond acceptors (Lipinski definition) is 4. The first kappa shape index (κ1) is 19.4. The van der Waals surface area contributed by atoms with Crippen LogP contribution in [0, 0.1) is 0 Å². The van der Waals surface area contributed by atoms with Crippen LogP contribution in [0.15, 0.2) is 59.6 Å². The zero-order chi connectivity index (χ0) is 19.4. The predicted molar refractivity (Wildman–Crippen MR) is 107 cm³/mol. The topological polar surface area (TPSA) is 60.2 Å². The largest absolute Gasteiger partial charge is 0.483 e. The van der Waals surface area contributed by atoms with Crippen molar-refractivity contribution in [3.8, 4) is 11.4 Å². The summed E-state index contributed by atoms with van der Waals surface area (Å²) in [5.41, 5.74) is 1.93. The van der Waals surface area contributed by atoms with Crippen LogP contribution in [0.4, 0.5) is 0 Å². The lowest BCUT2D eigenvalue weighted by Gasteiger charge is -2.25. The van der Waals surface area contributed by atoms with Gasteiger partial charge in [0.25, 0.3) is 5.91 Å². The number of carbonyl (C=O) groups is 1. The molecule has 1 amide bonds. The van der Waals surface area contributed by atoms with E-state index in [9.17, 15) is 4.79 Å². The number of carbonyl (C=O) groups excluding carboxylic acids is 1. The summed E-state index contributed by atoms with van der Waals surface area (Å²) in [7, 11) is 1.76. The molecule has 0 aliphatic heterocycles. The second-order valence-corrected chi connectivity index (χ2v) is 7.27. The van der Waals surface area contributed by atoms with Gasteiger partial charge in [-0.3, -0.25) is 4.79 Å². The Labute approximate surface area is 170 Å². The summed E-state index contributed by atoms with van der Waals surface area (Å²) in [6, 6.07) is 12.9. The van der Waals surface area contributed by atoms with Crippen LogP contribution < -0.4 is 4.74 Å². The molecular weight excluding hydrogens is 432 g/mol. The molecule has 27 heavy (non-hydrogen) atoms. The standard InChI is InChI=1S/C19H18BrClN4O2/c1-13(14-3-6-16(7-4-14)25-12-22-11-23-25)24(2)19(26)10-27-18-8-5-15(21)9-17(18)20/h3-9,11-13H,10H2,1-2H3/t13-/m0/s1. The summed E-state index contributed by atoms with van der Waals surface area (Å²) >= 11 is 9.29. The maximum atomic E-state index is 12.5. The van der Waals surface area contributed by atoms with Crippen LogP contribution in [0.5, 0.6) is 5.75 Å². The van der Waals surface area contributed by atoms with Gasteiger partial charge in [0.05, 0.1) is 16.2 Å². The van der Waals surface area contributed by atoms with E-state index in [0.29, 0.717) is 15.2 Å². The minimum absolute atomic E-state index is 0.0574. The van der Waals surface area contributed by atoms with E-state index in [4.69, 9.17) is 16.3 Å². The number of amides is 1. The predicted octanol–water partition coefficient (Wildman–Crippen LogP) is 4.28. The van der Waals surface area contributed by atoms with Crippen molar-refractivity contribution in [3.63, 3.8) is 0 Å². The highest BCUT2D eigenvalue weighted by molar-refractivity contribution is 9.10. The zero-order valence-electron chi connectivity index (χ0n) is 14.8. The average molecular weight is 450 g/mol. The van der Waals surface area contributed by atoms with Gasteiger partial charge in [-0.25, -0.2) is 9.67 Å². The molecule has 0 fully saturated rings. The Hall–Kier alpha value is -2.38. The summed E-state index contributed by atoms with van der Waals surface area (Å²) in [5, 5.41) is 4.70. The lowest BCUT2D eigenvalue weighted by atomic mass is 10.1. The third-order valence-corrected chi connectivity index (χ3v) is 5.13. The lowest BCUT2D eigenvalue weighted by Crippen LogP contribution is -2.33. The maximum absolute atomic E-state index is 12.5. The van der Waals surface area contributed by atoms with Crippen molar-refractivity contribution in [1.82, 2.24) is 19.7 Å². The molecule has 0 aliphatic carbocycles. The number of likely N-dealkylation sites (N-methyl/N-ethyl adjacent to an activating group) is 1. The van der Waals surface area contributed by atoms with Gasteiger partial charge >= 0.3 is 0 Å². The van der Waals surface area contributed by atoms with Gasteiger partial charge in [0.1, 0.15) is 18.4 Å². The van der Waals surface area contributed by atoms with Crippen LogP contribution in [0.2, 0.25) is 5.02 Å². The number of rotatable bonds is 6. The van der Waals surface area contributed by atoms with E-state index in [-0.39, 0.29) is 18.6 Å². The monoisotopic (exact) mass is 448 g/mol. The number of hydrogen-bond donors (Lipinski definition) is 0. The van der Waals surface area contributed by atoms with Gasteiger partial charge in [0.2, 0.25) is 0 Å². The van der Waals surface area contributed by atoms with E-state index in [1.165, 1.54) is 6.33 Å². The van der Waals surface area contributed by atoms with Crippen molar-refractivity contribution >= 4 is 33.4 Å². The Morgan fingerprint density at radius 1 is 1.30 bits per heavy atom. The van der Waals surface area contributed by atoms with Crippen LogP contribution in [-0.2, 0) is 4.79 Å². The molecule has 0 spiro atoms. The highest BCUT2D eigenvalue weighted by atomic mass is 79.9. The van der Waals surface area contributed by atoms with Gasteiger partial charge < -0.3 is 9.64 Å². The van der Waals surface area contributed by atoms with Crippen molar-refractivity contribution in [3.05, 3.63) is 70.2 Å². The fraction of sp³-hybridized carbons (Fsp3) is 0.211. The van der Waals surface area contributed by atoms with Crippen molar-refractivity contribution in [2.45, 2.75) is 13.0 Å². The van der Waals surface area contributed by atoms with Crippen molar-refractivity contribution in [1.29, 1.82) is 0 Å². The van der Waals surface area contributed by atoms with Gasteiger partial charge in [-0.2, -0.15) is 5.10 Å². The molecule has 0 aliphatic rings. The molecular formula is C19H18BrClN4O2. The highest BCUT2D eigenvalue weighted by Gasteiger charge is 2.18. The summed E-state index contributed by atoms with van der Waals surface area (Å²) in [6.07, 6.45) is 3.13. The van der Waals surface area contributed by atoms with Gasteiger partial charge in [-0.1, -0.05) is 23.7 Å². The average Bonchev–Trinajstić information content (AvgIpc) is 3.21. The third kappa shape index (κ3) is 4.67. The van der Waals surface area contributed by atoms with E-state index in [2.05, 4.69) is 26.0 Å². The Bertz CT molecular complexity index is 916. The SMILES string of the molecule is C[C@@H](c1ccc(-n2cncn2)cc1)N(C)C(=O)COc1ccc(Cl)cc1Br. The Kier molecular flexibility index (Phi) is 6.13. The summed E-state index contributed by atoms with van der Waals surface area (Å²) < 4.78 is 8.01. The van der Waals surface area contributed by atoms with Gasteiger partial charge in [-0.05, 0) is 58.7 Å². The Morgan fingerprint density at radius 2 is 2.04 bits per heavy atom. The van der Waals surface area contributed by atoms with Crippen LogP contribution in [-0.4, -0.2) is 39.2 Å². The number of ether oxygens (including phenoxy) is 1. The van der Waals surface area contributed by atoms with Crippen LogP contribution in [0.1, 0.15) is 18.5 Å². The van der Waals surface area contributed by atoms with Gasteiger partial charge in [0.15, 0.2) is 6.61 Å². The van der Waals surface area contributed by atoms with Crippen molar-refractivity contribution in [2.75, 3.05) is 13.7 Å². The van der Waals surface area contributed by atoms with E-state index in [1.54, 1.807) is 41.2 Å². The molecule has 6 nitrogen and oxygen atoms in total. The summed E-state index contributed by atoms with van der Waals surface area (Å²) in [5.74, 6) is 0.454. The Balaban J connectivity index is 1.62. The molecule has 0 bridgehead atoms. The van der Waals surface area contributed by atoms with Gasteiger partial charge in [-0.15, -0.1) is 0 Å². The van der Waals surface area contributed by atoms with Crippen molar-refractivity contribution < 1.29 is 9.53 Å². The first-order chi connectivity index (χ1) is 13.0. The van der Waals surface area contributed by atoms with Crippen LogP contribution in [0.3, 0.4) is 0 Å². The molecule has 0 saturated heterocycles. The number of halogens is 2. The molecule has 8 heteroatoms. The highest BCUT2D eigenvalue weighted by Crippen LogP contribution is 2.28. The van der Waals surface area contributed by atoms with E-state index in [1.807, 2.05) is 31.2 Å². The van der Waals surface area contributed by atoms with Gasteiger partial charge in [0, 0.05) is 12.1 Å². The lowest BCUT2D eigenvalue weighted by molar-refractivity contribution is -0.134. The van der Waals surface area contributed by atoms with E-state index < -0.39 is 0 Å². The minimum atomic E-state index is -0.121. The molecule has 1 atom stereocenters. The fourth-order valence-corrected chi connectivity index (χ4v) is 3.32. The first-order valence-corrected chi connectivity index (χ1v) is 9.41. The van der Waals surface area contributed by atoms with Crippen LogP contribution in [0.25, 0.3) is 5.69 Å². The molecule has 1 heterocycles. The molecule has 3 rings (SSSR count). The van der Waals surface area contributed by atoms with E-state index in [0.717, 1.165) is 11.3 Å². The molecule has 0 unspecified atom stereocenters. The molecule has 0 radical (unpaired) electrons. The third-order valence-electron chi connectivity index (χ3n) is 4.28. The molecule has 0 N–H and O–H groups in total. The molecule has 140 valence electrons. The number of aromatic nitrogens is 3. The molecule has 2 aromatic carbocycles. The summed E-state index contributed by atoms with van der Waals surface area (Å²) in [6.45, 7) is 1.92.